The number of para-hydroxylation sites is 2. The van der Waals surface area contributed by atoms with Gasteiger partial charge >= 0.3 is 6.18 Å². The van der Waals surface area contributed by atoms with Crippen molar-refractivity contribution in [3.05, 3.63) is 60.2 Å². The topological polar surface area (TPSA) is 67.8 Å². The third kappa shape index (κ3) is 3.45. The van der Waals surface area contributed by atoms with E-state index < -0.39 is 30.3 Å². The van der Waals surface area contributed by atoms with E-state index in [4.69, 9.17) is 9.47 Å². The lowest BCUT2D eigenvalue weighted by atomic mass is 9.93. The SMILES string of the molecule is O=C(NC[C@](O)(c1ccccc1)C(F)(F)F)[C@@H]1COc2ccccc2O1. The maximum absolute atomic E-state index is 13.4. The number of hydrogen-bond donors (Lipinski definition) is 2. The molecular formula is C18H16F3NO4. The largest absolute Gasteiger partial charge is 0.485 e. The van der Waals surface area contributed by atoms with E-state index in [-0.39, 0.29) is 12.2 Å². The van der Waals surface area contributed by atoms with Gasteiger partial charge in [-0.25, -0.2) is 0 Å². The number of carbonyl (C=O) groups excluding carboxylic acids is 1. The highest BCUT2D eigenvalue weighted by Crippen LogP contribution is 2.38. The first-order chi connectivity index (χ1) is 12.3. The van der Waals surface area contributed by atoms with Crippen LogP contribution >= 0.6 is 0 Å². The lowest BCUT2D eigenvalue weighted by Crippen LogP contribution is -2.54. The Kier molecular flexibility index (Phi) is 4.78. The van der Waals surface area contributed by atoms with Crippen molar-refractivity contribution in [2.24, 2.45) is 0 Å². The van der Waals surface area contributed by atoms with Crippen molar-refractivity contribution in [1.82, 2.24) is 5.32 Å². The Balaban J connectivity index is 1.71. The summed E-state index contributed by atoms with van der Waals surface area (Å²) >= 11 is 0. The first-order valence-corrected chi connectivity index (χ1v) is 7.82. The highest BCUT2D eigenvalue weighted by Gasteiger charge is 2.55. The number of rotatable bonds is 4. The Morgan fingerprint density at radius 3 is 2.35 bits per heavy atom. The molecule has 0 saturated heterocycles. The molecule has 2 atom stereocenters. The van der Waals surface area contributed by atoms with Gasteiger partial charge in [0, 0.05) is 0 Å². The first-order valence-electron chi connectivity index (χ1n) is 7.82. The van der Waals surface area contributed by atoms with Crippen LogP contribution in [0.15, 0.2) is 54.6 Å². The van der Waals surface area contributed by atoms with E-state index in [1.807, 2.05) is 0 Å². The van der Waals surface area contributed by atoms with E-state index in [1.165, 1.54) is 18.2 Å². The summed E-state index contributed by atoms with van der Waals surface area (Å²) < 4.78 is 51.1. The minimum Gasteiger partial charge on any atom is -0.485 e. The summed E-state index contributed by atoms with van der Waals surface area (Å²) in [7, 11) is 0. The second-order valence-electron chi connectivity index (χ2n) is 5.81. The summed E-state index contributed by atoms with van der Waals surface area (Å²) in [6.07, 6.45) is -6.09. The lowest BCUT2D eigenvalue weighted by molar-refractivity contribution is -0.264. The Labute approximate surface area is 147 Å². The monoisotopic (exact) mass is 367 g/mol. The summed E-state index contributed by atoms with van der Waals surface area (Å²) in [5, 5.41) is 12.3. The molecule has 138 valence electrons. The fourth-order valence-corrected chi connectivity index (χ4v) is 2.56. The number of halogens is 3. The molecule has 0 bridgehead atoms. The number of amides is 1. The van der Waals surface area contributed by atoms with Crippen LogP contribution in [0.4, 0.5) is 13.2 Å². The quantitative estimate of drug-likeness (QED) is 0.871. The molecule has 0 saturated carbocycles. The molecule has 2 aromatic carbocycles. The second-order valence-corrected chi connectivity index (χ2v) is 5.81. The van der Waals surface area contributed by atoms with Crippen LogP contribution in [0.1, 0.15) is 5.56 Å². The van der Waals surface area contributed by atoms with Gasteiger partial charge in [0.1, 0.15) is 6.61 Å². The Bertz CT molecular complexity index is 782. The average Bonchev–Trinajstić information content (AvgIpc) is 2.65. The van der Waals surface area contributed by atoms with Crippen LogP contribution in [0.25, 0.3) is 0 Å². The Morgan fingerprint density at radius 1 is 1.08 bits per heavy atom. The van der Waals surface area contributed by atoms with Gasteiger partial charge in [0.15, 0.2) is 11.5 Å². The van der Waals surface area contributed by atoms with Crippen molar-refractivity contribution >= 4 is 5.91 Å². The zero-order valence-corrected chi connectivity index (χ0v) is 13.5. The molecule has 0 spiro atoms. The molecule has 1 heterocycles. The summed E-state index contributed by atoms with van der Waals surface area (Å²) in [6.45, 7) is -1.18. The van der Waals surface area contributed by atoms with Gasteiger partial charge in [-0.3, -0.25) is 4.79 Å². The van der Waals surface area contributed by atoms with Gasteiger partial charge in [0.2, 0.25) is 11.7 Å². The minimum absolute atomic E-state index is 0.140. The number of aliphatic hydroxyl groups is 1. The minimum atomic E-state index is -4.97. The van der Waals surface area contributed by atoms with E-state index in [2.05, 4.69) is 5.32 Å². The van der Waals surface area contributed by atoms with Crippen molar-refractivity contribution in [2.45, 2.75) is 17.9 Å². The van der Waals surface area contributed by atoms with Gasteiger partial charge in [-0.1, -0.05) is 42.5 Å². The summed E-state index contributed by atoms with van der Waals surface area (Å²) in [5.74, 6) is -0.0289. The highest BCUT2D eigenvalue weighted by molar-refractivity contribution is 5.81. The molecule has 0 unspecified atom stereocenters. The summed E-state index contributed by atoms with van der Waals surface area (Å²) in [5.41, 5.74) is -3.57. The van der Waals surface area contributed by atoms with Gasteiger partial charge in [0.25, 0.3) is 5.91 Å². The molecule has 0 radical (unpaired) electrons. The van der Waals surface area contributed by atoms with Crippen LogP contribution in [0.3, 0.4) is 0 Å². The van der Waals surface area contributed by atoms with Crippen LogP contribution < -0.4 is 14.8 Å². The van der Waals surface area contributed by atoms with Crippen molar-refractivity contribution in [3.63, 3.8) is 0 Å². The molecule has 1 aliphatic heterocycles. The van der Waals surface area contributed by atoms with Crippen LogP contribution in [-0.2, 0) is 10.4 Å². The number of ether oxygens (including phenoxy) is 2. The van der Waals surface area contributed by atoms with Gasteiger partial charge in [-0.05, 0) is 17.7 Å². The molecular weight excluding hydrogens is 351 g/mol. The number of alkyl halides is 3. The van der Waals surface area contributed by atoms with Crippen LogP contribution in [-0.4, -0.2) is 36.4 Å². The standard InChI is InChI=1S/C18H16F3NO4/c19-18(20,21)17(24,12-6-2-1-3-7-12)11-22-16(23)15-10-25-13-8-4-5-9-14(13)26-15/h1-9,15,24H,10-11H2,(H,22,23)/t15-,17-/m0/s1. The number of carbonyl (C=O) groups is 1. The van der Waals surface area contributed by atoms with Crippen molar-refractivity contribution < 1.29 is 32.5 Å². The molecule has 26 heavy (non-hydrogen) atoms. The van der Waals surface area contributed by atoms with Gasteiger partial charge < -0.3 is 19.9 Å². The third-order valence-electron chi connectivity index (χ3n) is 4.04. The number of hydrogen-bond acceptors (Lipinski definition) is 4. The summed E-state index contributed by atoms with van der Waals surface area (Å²) in [6, 6.07) is 13.2. The molecule has 1 amide bonds. The first kappa shape index (κ1) is 18.1. The normalized spacial score (nSPS) is 18.7. The van der Waals surface area contributed by atoms with E-state index in [0.717, 1.165) is 12.1 Å². The zero-order valence-electron chi connectivity index (χ0n) is 13.5. The maximum atomic E-state index is 13.4. The third-order valence-corrected chi connectivity index (χ3v) is 4.04. The van der Waals surface area contributed by atoms with E-state index in [0.29, 0.717) is 11.5 Å². The van der Waals surface area contributed by atoms with Crippen molar-refractivity contribution in [2.75, 3.05) is 13.2 Å². The predicted molar refractivity (Wildman–Crippen MR) is 85.8 cm³/mol. The number of fused-ring (bicyclic) bond motifs is 1. The van der Waals surface area contributed by atoms with Gasteiger partial charge in [-0.2, -0.15) is 13.2 Å². The molecule has 2 N–H and O–H groups in total. The molecule has 0 aromatic heterocycles. The smallest absolute Gasteiger partial charge is 0.423 e. The van der Waals surface area contributed by atoms with Crippen LogP contribution in [0.2, 0.25) is 0 Å². The van der Waals surface area contributed by atoms with E-state index in [1.54, 1.807) is 24.3 Å². The molecule has 3 rings (SSSR count). The molecule has 1 aliphatic rings. The zero-order chi connectivity index (χ0) is 18.8. The van der Waals surface area contributed by atoms with E-state index in [9.17, 15) is 23.1 Å². The molecule has 8 heteroatoms. The van der Waals surface area contributed by atoms with Gasteiger partial charge in [-0.15, -0.1) is 0 Å². The van der Waals surface area contributed by atoms with Crippen molar-refractivity contribution in [3.8, 4) is 11.5 Å². The predicted octanol–water partition coefficient (Wildman–Crippen LogP) is 2.39. The molecule has 0 fully saturated rings. The second kappa shape index (κ2) is 6.87. The molecule has 0 aliphatic carbocycles. The van der Waals surface area contributed by atoms with Crippen LogP contribution in [0.5, 0.6) is 11.5 Å². The Hall–Kier alpha value is -2.74. The van der Waals surface area contributed by atoms with Crippen molar-refractivity contribution in [1.29, 1.82) is 0 Å². The van der Waals surface area contributed by atoms with Gasteiger partial charge in [0.05, 0.1) is 6.54 Å². The molecule has 2 aromatic rings. The fraction of sp³-hybridized carbons (Fsp3) is 0.278. The number of benzene rings is 2. The maximum Gasteiger partial charge on any atom is 0.423 e. The average molecular weight is 367 g/mol. The fourth-order valence-electron chi connectivity index (χ4n) is 2.56. The number of nitrogens with one attached hydrogen (secondary N) is 1. The van der Waals surface area contributed by atoms with Crippen LogP contribution in [0, 0.1) is 0 Å². The molecule has 5 nitrogen and oxygen atoms in total. The lowest BCUT2D eigenvalue weighted by Gasteiger charge is -2.32. The van der Waals surface area contributed by atoms with E-state index >= 15 is 0 Å². The summed E-state index contributed by atoms with van der Waals surface area (Å²) in [4.78, 5) is 12.2. The Morgan fingerprint density at radius 2 is 1.69 bits per heavy atom. The highest BCUT2D eigenvalue weighted by atomic mass is 19.4.